The lowest BCUT2D eigenvalue weighted by Gasteiger charge is -2.14. The molecule has 156 valence electrons. The molecule has 0 bridgehead atoms. The van der Waals surface area contributed by atoms with Crippen LogP contribution >= 0.6 is 24.0 Å². The fourth-order valence-corrected chi connectivity index (χ4v) is 4.18. The smallest absolute Gasteiger partial charge is 0.341 e. The highest BCUT2D eigenvalue weighted by Gasteiger charge is 2.31. The largest absolute Gasteiger partial charge is 0.490 e. The molecular formula is C22H21NO5S2. The number of carboxylic acid groups (broad SMARTS) is 1. The minimum absolute atomic E-state index is 0.120. The Morgan fingerprint density at radius 1 is 1.17 bits per heavy atom. The Morgan fingerprint density at radius 3 is 2.63 bits per heavy atom. The van der Waals surface area contributed by atoms with Gasteiger partial charge in [-0.1, -0.05) is 60.4 Å². The van der Waals surface area contributed by atoms with Crippen LogP contribution in [0.2, 0.25) is 0 Å². The highest BCUT2D eigenvalue weighted by atomic mass is 32.2. The molecule has 0 aliphatic carbocycles. The zero-order chi connectivity index (χ0) is 21.5. The second-order valence-electron chi connectivity index (χ2n) is 6.39. The first-order chi connectivity index (χ1) is 14.5. The van der Waals surface area contributed by atoms with Crippen molar-refractivity contribution in [2.45, 2.75) is 13.3 Å². The van der Waals surface area contributed by atoms with Crippen molar-refractivity contribution in [2.75, 3.05) is 19.8 Å². The van der Waals surface area contributed by atoms with Gasteiger partial charge in [-0.15, -0.1) is 0 Å². The number of nitrogens with zero attached hydrogens (tertiary/aromatic N) is 1. The van der Waals surface area contributed by atoms with Gasteiger partial charge in [0.15, 0.2) is 18.1 Å². The lowest BCUT2D eigenvalue weighted by atomic mass is 10.1. The Labute approximate surface area is 184 Å². The summed E-state index contributed by atoms with van der Waals surface area (Å²) in [7, 11) is 0. The maximum atomic E-state index is 12.8. The fourth-order valence-electron chi connectivity index (χ4n) is 2.87. The SMILES string of the molecule is CCOc1cc(/C=C2/SC(=S)N(CCc3ccccc3)C2=O)ccc1OCC(=O)O. The number of rotatable bonds is 9. The number of hydrogen-bond donors (Lipinski definition) is 1. The van der Waals surface area contributed by atoms with Crippen LogP contribution in [0.3, 0.4) is 0 Å². The van der Waals surface area contributed by atoms with Gasteiger partial charge < -0.3 is 14.6 Å². The molecule has 0 atom stereocenters. The van der Waals surface area contributed by atoms with Crippen molar-refractivity contribution in [1.82, 2.24) is 4.90 Å². The van der Waals surface area contributed by atoms with Crippen LogP contribution in [-0.2, 0) is 16.0 Å². The van der Waals surface area contributed by atoms with Crippen LogP contribution in [0.5, 0.6) is 11.5 Å². The van der Waals surface area contributed by atoms with Crippen LogP contribution in [0.15, 0.2) is 53.4 Å². The summed E-state index contributed by atoms with van der Waals surface area (Å²) in [5.41, 5.74) is 1.89. The van der Waals surface area contributed by atoms with Crippen molar-refractivity contribution in [3.63, 3.8) is 0 Å². The van der Waals surface area contributed by atoms with Crippen LogP contribution in [0.25, 0.3) is 6.08 Å². The zero-order valence-corrected chi connectivity index (χ0v) is 18.0. The van der Waals surface area contributed by atoms with Gasteiger partial charge in [0.25, 0.3) is 5.91 Å². The molecule has 1 aliphatic heterocycles. The van der Waals surface area contributed by atoms with E-state index in [4.69, 9.17) is 26.8 Å². The van der Waals surface area contributed by atoms with E-state index >= 15 is 0 Å². The van der Waals surface area contributed by atoms with Gasteiger partial charge in [0.05, 0.1) is 11.5 Å². The average Bonchev–Trinajstić information content (AvgIpc) is 2.99. The third-order valence-corrected chi connectivity index (χ3v) is 5.63. The molecule has 1 aliphatic rings. The van der Waals surface area contributed by atoms with Gasteiger partial charge in [-0.2, -0.15) is 0 Å². The molecule has 6 nitrogen and oxygen atoms in total. The second kappa shape index (κ2) is 10.3. The highest BCUT2D eigenvalue weighted by molar-refractivity contribution is 8.26. The van der Waals surface area contributed by atoms with Crippen LogP contribution in [0.1, 0.15) is 18.1 Å². The molecule has 0 saturated carbocycles. The first kappa shape index (κ1) is 21.9. The molecule has 0 radical (unpaired) electrons. The molecule has 0 unspecified atom stereocenters. The van der Waals surface area contributed by atoms with E-state index in [-0.39, 0.29) is 5.91 Å². The third kappa shape index (κ3) is 5.61. The van der Waals surface area contributed by atoms with Gasteiger partial charge in [0.1, 0.15) is 4.32 Å². The van der Waals surface area contributed by atoms with Crippen LogP contribution in [0, 0.1) is 0 Å². The number of carbonyl (C=O) groups is 2. The number of thioether (sulfide) groups is 1. The Morgan fingerprint density at radius 2 is 1.93 bits per heavy atom. The summed E-state index contributed by atoms with van der Waals surface area (Å²) in [6.07, 6.45) is 2.48. The molecule has 1 amide bonds. The lowest BCUT2D eigenvalue weighted by molar-refractivity contribution is -0.139. The van der Waals surface area contributed by atoms with Crippen molar-refractivity contribution < 1.29 is 24.2 Å². The van der Waals surface area contributed by atoms with E-state index < -0.39 is 12.6 Å². The van der Waals surface area contributed by atoms with Gasteiger partial charge in [0, 0.05) is 6.54 Å². The van der Waals surface area contributed by atoms with Crippen molar-refractivity contribution in [2.24, 2.45) is 0 Å². The van der Waals surface area contributed by atoms with Gasteiger partial charge in [-0.05, 0) is 42.7 Å². The maximum Gasteiger partial charge on any atom is 0.341 e. The van der Waals surface area contributed by atoms with E-state index in [1.165, 1.54) is 11.8 Å². The molecule has 2 aromatic rings. The number of thiocarbonyl (C=S) groups is 1. The summed E-state index contributed by atoms with van der Waals surface area (Å²) >= 11 is 6.67. The van der Waals surface area contributed by atoms with Gasteiger partial charge >= 0.3 is 5.97 Å². The first-order valence-corrected chi connectivity index (χ1v) is 10.6. The van der Waals surface area contributed by atoms with Crippen molar-refractivity contribution >= 4 is 46.3 Å². The predicted molar refractivity (Wildman–Crippen MR) is 121 cm³/mol. The van der Waals surface area contributed by atoms with Crippen LogP contribution < -0.4 is 9.47 Å². The Bertz CT molecular complexity index is 975. The molecule has 2 aromatic carbocycles. The van der Waals surface area contributed by atoms with Gasteiger partial charge in [0.2, 0.25) is 0 Å². The first-order valence-electron chi connectivity index (χ1n) is 9.38. The normalized spacial score (nSPS) is 15.0. The minimum Gasteiger partial charge on any atom is -0.490 e. The van der Waals surface area contributed by atoms with E-state index in [9.17, 15) is 9.59 Å². The van der Waals surface area contributed by atoms with E-state index in [2.05, 4.69) is 0 Å². The summed E-state index contributed by atoms with van der Waals surface area (Å²) in [4.78, 5) is 25.7. The summed E-state index contributed by atoms with van der Waals surface area (Å²) in [5.74, 6) is -0.426. The van der Waals surface area contributed by atoms with Crippen LogP contribution in [-0.4, -0.2) is 46.0 Å². The molecule has 8 heteroatoms. The van der Waals surface area contributed by atoms with Crippen LogP contribution in [0.4, 0.5) is 0 Å². The molecule has 30 heavy (non-hydrogen) atoms. The minimum atomic E-state index is -1.07. The zero-order valence-electron chi connectivity index (χ0n) is 16.4. The third-order valence-electron chi connectivity index (χ3n) is 4.26. The molecule has 3 rings (SSSR count). The lowest BCUT2D eigenvalue weighted by Crippen LogP contribution is -2.30. The summed E-state index contributed by atoms with van der Waals surface area (Å²) < 4.78 is 11.4. The van der Waals surface area contributed by atoms with E-state index in [1.54, 1.807) is 29.2 Å². The molecule has 1 fully saturated rings. The number of amides is 1. The number of hydrogen-bond acceptors (Lipinski definition) is 6. The number of ether oxygens (including phenoxy) is 2. The number of carbonyl (C=O) groups excluding carboxylic acids is 1. The van der Waals surface area contributed by atoms with E-state index in [0.29, 0.717) is 33.9 Å². The van der Waals surface area contributed by atoms with Crippen molar-refractivity contribution in [1.29, 1.82) is 0 Å². The summed E-state index contributed by atoms with van der Waals surface area (Å²) in [6.45, 7) is 2.29. The molecular weight excluding hydrogens is 422 g/mol. The average molecular weight is 444 g/mol. The Hall–Kier alpha value is -2.84. The second-order valence-corrected chi connectivity index (χ2v) is 8.07. The summed E-state index contributed by atoms with van der Waals surface area (Å²) in [6, 6.07) is 15.1. The maximum absolute atomic E-state index is 12.8. The molecule has 0 aromatic heterocycles. The summed E-state index contributed by atoms with van der Waals surface area (Å²) in [5, 5.41) is 8.80. The molecule has 1 heterocycles. The Kier molecular flexibility index (Phi) is 7.48. The predicted octanol–water partition coefficient (Wildman–Crippen LogP) is 3.99. The Balaban J connectivity index is 1.74. The van der Waals surface area contributed by atoms with E-state index in [1.807, 2.05) is 37.3 Å². The highest BCUT2D eigenvalue weighted by Crippen LogP contribution is 2.35. The monoisotopic (exact) mass is 443 g/mol. The standard InChI is InChI=1S/C22H21NO5S2/c1-2-27-18-12-16(8-9-17(18)28-14-20(24)25)13-19-21(26)23(22(29)30-19)11-10-15-6-4-3-5-7-15/h3-9,12-13H,2,10-11,14H2,1H3,(H,24,25)/b19-13+. The molecule has 0 spiro atoms. The molecule has 1 saturated heterocycles. The van der Waals surface area contributed by atoms with E-state index in [0.717, 1.165) is 17.5 Å². The van der Waals surface area contributed by atoms with Gasteiger partial charge in [-0.3, -0.25) is 9.69 Å². The number of carboxylic acids is 1. The topological polar surface area (TPSA) is 76.1 Å². The number of aliphatic carboxylic acids is 1. The number of benzene rings is 2. The van der Waals surface area contributed by atoms with Crippen molar-refractivity contribution in [3.05, 3.63) is 64.6 Å². The molecule has 1 N–H and O–H groups in total. The fraction of sp³-hybridized carbons (Fsp3) is 0.227. The van der Waals surface area contributed by atoms with Gasteiger partial charge in [-0.25, -0.2) is 4.79 Å². The quantitative estimate of drug-likeness (QED) is 0.464. The van der Waals surface area contributed by atoms with Crippen molar-refractivity contribution in [3.8, 4) is 11.5 Å².